The summed E-state index contributed by atoms with van der Waals surface area (Å²) in [5, 5.41) is 4.10. The van der Waals surface area contributed by atoms with Gasteiger partial charge in [-0.3, -0.25) is 0 Å². The van der Waals surface area contributed by atoms with Crippen LogP contribution in [0, 0.1) is 0 Å². The van der Waals surface area contributed by atoms with Crippen LogP contribution >= 0.6 is 0 Å². The summed E-state index contributed by atoms with van der Waals surface area (Å²) in [6.45, 7) is 4.52. The molecule has 21 heavy (non-hydrogen) atoms. The van der Waals surface area contributed by atoms with Crippen molar-refractivity contribution < 1.29 is 0 Å². The molecule has 0 aliphatic heterocycles. The number of hydrogen-bond donors (Lipinski definition) is 0. The Morgan fingerprint density at radius 3 is 2.24 bits per heavy atom. The molecule has 0 saturated heterocycles. The molecule has 0 atom stereocenters. The first-order chi connectivity index (χ1) is 10.3. The molecule has 1 heteroatoms. The van der Waals surface area contributed by atoms with Crippen molar-refractivity contribution in [3.05, 3.63) is 65.9 Å². The molecule has 0 fully saturated rings. The van der Waals surface area contributed by atoms with Gasteiger partial charge >= 0.3 is 0 Å². The SMILES string of the molecule is CCc1c(CC)n2c3ccccc3cc2c2ccccc12. The van der Waals surface area contributed by atoms with E-state index in [1.54, 1.807) is 0 Å². The highest BCUT2D eigenvalue weighted by Gasteiger charge is 2.14. The van der Waals surface area contributed by atoms with Crippen molar-refractivity contribution in [1.82, 2.24) is 4.40 Å². The Labute approximate surface area is 124 Å². The Hall–Kier alpha value is -2.28. The van der Waals surface area contributed by atoms with E-state index in [1.165, 1.54) is 38.4 Å². The van der Waals surface area contributed by atoms with Crippen molar-refractivity contribution in [3.8, 4) is 0 Å². The van der Waals surface area contributed by atoms with E-state index in [1.807, 2.05) is 0 Å². The zero-order valence-corrected chi connectivity index (χ0v) is 12.6. The third kappa shape index (κ3) is 1.64. The largest absolute Gasteiger partial charge is 0.313 e. The Kier molecular flexibility index (Phi) is 2.75. The van der Waals surface area contributed by atoms with Gasteiger partial charge in [0.1, 0.15) is 0 Å². The van der Waals surface area contributed by atoms with Crippen LogP contribution in [0.15, 0.2) is 54.6 Å². The molecule has 4 rings (SSSR count). The Morgan fingerprint density at radius 2 is 1.48 bits per heavy atom. The van der Waals surface area contributed by atoms with E-state index in [-0.39, 0.29) is 0 Å². The fraction of sp³-hybridized carbons (Fsp3) is 0.200. The molecule has 0 aliphatic rings. The molecule has 0 bridgehead atoms. The van der Waals surface area contributed by atoms with E-state index in [2.05, 4.69) is 72.8 Å². The molecule has 2 heterocycles. The van der Waals surface area contributed by atoms with Crippen LogP contribution in [0.3, 0.4) is 0 Å². The standard InChI is InChI=1S/C20H19N/c1-3-15-16-10-6-7-11-17(16)20-13-14-9-5-8-12-19(14)21(20)18(15)4-2/h5-13H,3-4H2,1-2H3. The van der Waals surface area contributed by atoms with E-state index in [9.17, 15) is 0 Å². The minimum absolute atomic E-state index is 1.06. The highest BCUT2D eigenvalue weighted by molar-refractivity contribution is 6.04. The predicted molar refractivity (Wildman–Crippen MR) is 91.2 cm³/mol. The van der Waals surface area contributed by atoms with Crippen molar-refractivity contribution in [1.29, 1.82) is 0 Å². The fourth-order valence-electron chi connectivity index (χ4n) is 3.67. The summed E-state index contributed by atoms with van der Waals surface area (Å²) in [4.78, 5) is 0. The Balaban J connectivity index is 2.36. The number of aromatic nitrogens is 1. The van der Waals surface area contributed by atoms with Crippen LogP contribution in [0.2, 0.25) is 0 Å². The van der Waals surface area contributed by atoms with Crippen LogP contribution in [-0.4, -0.2) is 4.40 Å². The van der Waals surface area contributed by atoms with Crippen molar-refractivity contribution in [3.63, 3.8) is 0 Å². The normalized spacial score (nSPS) is 11.7. The van der Waals surface area contributed by atoms with Gasteiger partial charge in [0.15, 0.2) is 0 Å². The molecular weight excluding hydrogens is 254 g/mol. The second kappa shape index (κ2) is 4.63. The summed E-state index contributed by atoms with van der Waals surface area (Å²) >= 11 is 0. The Morgan fingerprint density at radius 1 is 0.762 bits per heavy atom. The van der Waals surface area contributed by atoms with E-state index >= 15 is 0 Å². The zero-order valence-electron chi connectivity index (χ0n) is 12.6. The van der Waals surface area contributed by atoms with Gasteiger partial charge in [0, 0.05) is 16.5 Å². The van der Waals surface area contributed by atoms with E-state index in [0.717, 1.165) is 12.8 Å². The number of para-hydroxylation sites is 1. The second-order valence-corrected chi connectivity index (χ2v) is 5.60. The summed E-state index contributed by atoms with van der Waals surface area (Å²) < 4.78 is 2.47. The van der Waals surface area contributed by atoms with E-state index < -0.39 is 0 Å². The van der Waals surface area contributed by atoms with E-state index in [4.69, 9.17) is 0 Å². The molecule has 0 spiro atoms. The maximum absolute atomic E-state index is 2.47. The van der Waals surface area contributed by atoms with Gasteiger partial charge in [0.05, 0.1) is 11.0 Å². The summed E-state index contributed by atoms with van der Waals surface area (Å²) in [5.41, 5.74) is 5.60. The van der Waals surface area contributed by atoms with Crippen LogP contribution in [0.25, 0.3) is 27.2 Å². The number of fused-ring (bicyclic) bond motifs is 5. The zero-order chi connectivity index (χ0) is 14.4. The van der Waals surface area contributed by atoms with Gasteiger partial charge in [0.25, 0.3) is 0 Å². The van der Waals surface area contributed by atoms with Crippen LogP contribution in [0.1, 0.15) is 25.1 Å². The average molecular weight is 273 g/mol. The first-order valence-electron chi connectivity index (χ1n) is 7.77. The summed E-state index contributed by atoms with van der Waals surface area (Å²) in [7, 11) is 0. The highest BCUT2D eigenvalue weighted by Crippen LogP contribution is 2.32. The van der Waals surface area contributed by atoms with E-state index in [0.29, 0.717) is 0 Å². The lowest BCUT2D eigenvalue weighted by molar-refractivity contribution is 0.956. The third-order valence-electron chi connectivity index (χ3n) is 4.55. The van der Waals surface area contributed by atoms with Crippen molar-refractivity contribution in [2.75, 3.05) is 0 Å². The van der Waals surface area contributed by atoms with Gasteiger partial charge in [-0.2, -0.15) is 0 Å². The molecule has 0 unspecified atom stereocenters. The quantitative estimate of drug-likeness (QED) is 0.462. The number of aryl methyl sites for hydroxylation is 2. The lowest BCUT2D eigenvalue weighted by atomic mass is 9.99. The van der Waals surface area contributed by atoms with Gasteiger partial charge in [-0.25, -0.2) is 0 Å². The molecule has 0 aliphatic carbocycles. The first kappa shape index (κ1) is 12.5. The smallest absolute Gasteiger partial charge is 0.0544 e. The molecule has 0 radical (unpaired) electrons. The van der Waals surface area contributed by atoms with Gasteiger partial charge in [0.2, 0.25) is 0 Å². The van der Waals surface area contributed by atoms with Crippen molar-refractivity contribution in [2.24, 2.45) is 0 Å². The third-order valence-corrected chi connectivity index (χ3v) is 4.55. The molecule has 2 aromatic carbocycles. The maximum atomic E-state index is 2.47. The van der Waals surface area contributed by atoms with Crippen LogP contribution < -0.4 is 0 Å². The number of hydrogen-bond acceptors (Lipinski definition) is 0. The van der Waals surface area contributed by atoms with Crippen LogP contribution in [-0.2, 0) is 12.8 Å². The minimum atomic E-state index is 1.06. The molecule has 0 amide bonds. The average Bonchev–Trinajstić information content (AvgIpc) is 2.93. The second-order valence-electron chi connectivity index (χ2n) is 5.60. The fourth-order valence-corrected chi connectivity index (χ4v) is 3.67. The van der Waals surface area contributed by atoms with Crippen molar-refractivity contribution >= 4 is 27.2 Å². The molecular formula is C20H19N. The van der Waals surface area contributed by atoms with Crippen LogP contribution in [0.5, 0.6) is 0 Å². The molecule has 4 aromatic rings. The minimum Gasteiger partial charge on any atom is -0.313 e. The van der Waals surface area contributed by atoms with Gasteiger partial charge in [-0.05, 0) is 35.9 Å². The molecule has 0 N–H and O–H groups in total. The van der Waals surface area contributed by atoms with Gasteiger partial charge in [-0.15, -0.1) is 0 Å². The maximum Gasteiger partial charge on any atom is 0.0544 e. The molecule has 2 aromatic heterocycles. The Bertz CT molecular complexity index is 960. The van der Waals surface area contributed by atoms with Crippen molar-refractivity contribution in [2.45, 2.75) is 26.7 Å². The predicted octanol–water partition coefficient (Wildman–Crippen LogP) is 5.37. The number of benzene rings is 2. The first-order valence-corrected chi connectivity index (χ1v) is 7.77. The van der Waals surface area contributed by atoms with Crippen LogP contribution in [0.4, 0.5) is 0 Å². The molecule has 0 saturated carbocycles. The van der Waals surface area contributed by atoms with Gasteiger partial charge in [-0.1, -0.05) is 56.3 Å². The summed E-state index contributed by atoms with van der Waals surface area (Å²) in [6, 6.07) is 19.8. The lowest BCUT2D eigenvalue weighted by Crippen LogP contribution is -2.02. The number of rotatable bonds is 2. The molecule has 104 valence electrons. The topological polar surface area (TPSA) is 4.41 Å². The van der Waals surface area contributed by atoms with Gasteiger partial charge < -0.3 is 4.40 Å². The lowest BCUT2D eigenvalue weighted by Gasteiger charge is -2.15. The number of pyridine rings is 1. The summed E-state index contributed by atoms with van der Waals surface area (Å²) in [6.07, 6.45) is 2.13. The molecule has 1 nitrogen and oxygen atoms in total. The monoisotopic (exact) mass is 273 g/mol. The highest BCUT2D eigenvalue weighted by atomic mass is 14.9. The summed E-state index contributed by atoms with van der Waals surface area (Å²) in [5.74, 6) is 0. The number of nitrogens with zero attached hydrogens (tertiary/aromatic N) is 1.